The lowest BCUT2D eigenvalue weighted by molar-refractivity contribution is -0.135. The molecule has 6 nitrogen and oxygen atoms in total. The number of ketones is 1. The maximum absolute atomic E-state index is 13.1. The maximum atomic E-state index is 13.1. The molecule has 0 amide bonds. The van der Waals surface area contributed by atoms with E-state index >= 15 is 0 Å². The lowest BCUT2D eigenvalue weighted by atomic mass is 9.84. The van der Waals surface area contributed by atoms with Crippen molar-refractivity contribution >= 4 is 35.1 Å². The fraction of sp³-hybridized carbons (Fsp3) is 0.400. The number of thiophene rings is 1. The van der Waals surface area contributed by atoms with E-state index in [-0.39, 0.29) is 35.2 Å². The minimum Gasteiger partial charge on any atom is -0.507 e. The molecule has 0 saturated carbocycles. The van der Waals surface area contributed by atoms with Crippen LogP contribution in [0.5, 0.6) is 11.5 Å². The van der Waals surface area contributed by atoms with Crippen molar-refractivity contribution in [3.63, 3.8) is 0 Å². The Labute approximate surface area is 190 Å². The number of aromatic hydroxyl groups is 1. The van der Waals surface area contributed by atoms with Gasteiger partial charge in [-0.25, -0.2) is 4.79 Å². The molecule has 0 fully saturated rings. The molecule has 2 aliphatic rings. The summed E-state index contributed by atoms with van der Waals surface area (Å²) in [6.07, 6.45) is 6.88. The number of esters is 2. The summed E-state index contributed by atoms with van der Waals surface area (Å²) in [4.78, 5) is 37.4. The summed E-state index contributed by atoms with van der Waals surface area (Å²) in [5.41, 5.74) is 1.84. The minimum absolute atomic E-state index is 0.0816. The molecule has 3 heterocycles. The van der Waals surface area contributed by atoms with Crippen LogP contribution >= 0.6 is 11.3 Å². The number of hydrogen-bond acceptors (Lipinski definition) is 7. The summed E-state index contributed by atoms with van der Waals surface area (Å²) in [5, 5.41) is 15.1. The van der Waals surface area contributed by atoms with E-state index in [1.54, 1.807) is 19.1 Å². The number of rotatable bonds is 1. The zero-order valence-corrected chi connectivity index (χ0v) is 18.8. The molecule has 2 aliphatic heterocycles. The van der Waals surface area contributed by atoms with E-state index < -0.39 is 18.0 Å². The number of ether oxygens (including phenoxy) is 2. The summed E-state index contributed by atoms with van der Waals surface area (Å²) < 4.78 is 11.1. The Morgan fingerprint density at radius 1 is 1.16 bits per heavy atom. The van der Waals surface area contributed by atoms with Gasteiger partial charge in [0.15, 0.2) is 0 Å². The molecule has 1 aromatic carbocycles. The number of phenols is 1. The van der Waals surface area contributed by atoms with Gasteiger partial charge in [0.25, 0.3) is 0 Å². The first-order valence-electron chi connectivity index (χ1n) is 11.0. The van der Waals surface area contributed by atoms with Crippen molar-refractivity contribution in [1.82, 2.24) is 0 Å². The van der Waals surface area contributed by atoms with Gasteiger partial charge in [-0.15, -0.1) is 0 Å². The highest BCUT2D eigenvalue weighted by Gasteiger charge is 2.35. The molecule has 168 valence electrons. The third-order valence-corrected chi connectivity index (χ3v) is 6.63. The Balaban J connectivity index is 1.79. The van der Waals surface area contributed by atoms with Crippen LogP contribution in [0.4, 0.5) is 0 Å². The third kappa shape index (κ3) is 4.78. The molecular formula is C25H26O6S. The Morgan fingerprint density at radius 2 is 1.97 bits per heavy atom. The molecule has 32 heavy (non-hydrogen) atoms. The van der Waals surface area contributed by atoms with Crippen molar-refractivity contribution in [2.45, 2.75) is 63.9 Å². The molecular weight excluding hydrogens is 428 g/mol. The van der Waals surface area contributed by atoms with Gasteiger partial charge in [0.2, 0.25) is 0 Å². The smallest absolute Gasteiger partial charge is 0.342 e. The third-order valence-electron chi connectivity index (χ3n) is 5.92. The highest BCUT2D eigenvalue weighted by molar-refractivity contribution is 7.08. The first kappa shape index (κ1) is 22.3. The van der Waals surface area contributed by atoms with Crippen molar-refractivity contribution in [2.24, 2.45) is 0 Å². The molecule has 0 aliphatic carbocycles. The summed E-state index contributed by atoms with van der Waals surface area (Å²) in [6, 6.07) is 3.53. The normalized spacial score (nSPS) is 23.3. The van der Waals surface area contributed by atoms with Crippen molar-refractivity contribution < 1.29 is 29.0 Å². The van der Waals surface area contributed by atoms with Gasteiger partial charge in [-0.2, -0.15) is 11.3 Å². The SMILES string of the molecule is C[C@H]1CCCC(=O)CCC/C=C/c2cc3c(c(O)c2C(=O)O1)C(c1ccsc1)CC(=O)O3. The molecule has 0 radical (unpaired) electrons. The van der Waals surface area contributed by atoms with Crippen LogP contribution in [0.2, 0.25) is 0 Å². The van der Waals surface area contributed by atoms with Crippen LogP contribution in [0.1, 0.15) is 84.8 Å². The van der Waals surface area contributed by atoms with Crippen molar-refractivity contribution in [1.29, 1.82) is 0 Å². The summed E-state index contributed by atoms with van der Waals surface area (Å²) in [6.45, 7) is 1.79. The van der Waals surface area contributed by atoms with Gasteiger partial charge in [-0.1, -0.05) is 12.2 Å². The lowest BCUT2D eigenvalue weighted by Crippen LogP contribution is -2.23. The monoisotopic (exact) mass is 454 g/mol. The zero-order chi connectivity index (χ0) is 22.7. The lowest BCUT2D eigenvalue weighted by Gasteiger charge is -2.27. The number of carbonyl (C=O) groups excluding carboxylic acids is 3. The predicted molar refractivity (Wildman–Crippen MR) is 121 cm³/mol. The number of phenolic OH excluding ortho intramolecular Hbond substituents is 1. The quantitative estimate of drug-likeness (QED) is 0.460. The largest absolute Gasteiger partial charge is 0.507 e. The standard InChI is InChI=1S/C25H26O6S/c1-15-6-5-9-18(26)8-4-2-3-7-16-12-20-23(24(28)22(16)25(29)30-15)19(13-21(27)31-20)17-10-11-32-14-17/h3,7,10-12,14-15,19,28H,2,4-6,8-9,13H2,1H3/b7-3+/t15-,19?/m0/s1. The van der Waals surface area contributed by atoms with Crippen LogP contribution in [-0.2, 0) is 14.3 Å². The second kappa shape index (κ2) is 9.69. The Bertz CT molecular complexity index is 1050. The topological polar surface area (TPSA) is 89.9 Å². The molecule has 1 unspecified atom stereocenters. The van der Waals surface area contributed by atoms with E-state index in [9.17, 15) is 19.5 Å². The van der Waals surface area contributed by atoms with E-state index in [0.717, 1.165) is 12.0 Å². The molecule has 1 N–H and O–H groups in total. The molecule has 7 heteroatoms. The van der Waals surface area contributed by atoms with Gasteiger partial charge in [0.1, 0.15) is 22.8 Å². The van der Waals surface area contributed by atoms with Gasteiger partial charge in [0.05, 0.1) is 12.5 Å². The number of cyclic esters (lactones) is 1. The van der Waals surface area contributed by atoms with Gasteiger partial charge in [-0.3, -0.25) is 9.59 Å². The summed E-state index contributed by atoms with van der Waals surface area (Å²) in [7, 11) is 0. The highest BCUT2D eigenvalue weighted by Crippen LogP contribution is 2.47. The molecule has 0 spiro atoms. The van der Waals surface area contributed by atoms with Crippen LogP contribution in [0.3, 0.4) is 0 Å². The average Bonchev–Trinajstić information content (AvgIpc) is 3.27. The van der Waals surface area contributed by atoms with E-state index in [1.165, 1.54) is 11.3 Å². The number of carbonyl (C=O) groups is 3. The van der Waals surface area contributed by atoms with Crippen LogP contribution in [0, 0.1) is 0 Å². The van der Waals surface area contributed by atoms with Crippen LogP contribution in [0.15, 0.2) is 29.0 Å². The van der Waals surface area contributed by atoms with Crippen molar-refractivity contribution in [2.75, 3.05) is 0 Å². The fourth-order valence-corrected chi connectivity index (χ4v) is 4.99. The summed E-state index contributed by atoms with van der Waals surface area (Å²) >= 11 is 1.50. The second-order valence-corrected chi connectivity index (χ2v) is 9.11. The summed E-state index contributed by atoms with van der Waals surface area (Å²) in [5.74, 6) is -1.13. The van der Waals surface area contributed by atoms with Crippen LogP contribution in [-0.4, -0.2) is 28.9 Å². The zero-order valence-electron chi connectivity index (χ0n) is 18.0. The Hall–Kier alpha value is -2.93. The molecule has 2 aromatic rings. The molecule has 0 bridgehead atoms. The van der Waals surface area contributed by atoms with E-state index in [2.05, 4.69) is 0 Å². The van der Waals surface area contributed by atoms with Gasteiger partial charge in [0, 0.05) is 24.3 Å². The van der Waals surface area contributed by atoms with Crippen LogP contribution in [0.25, 0.3) is 6.08 Å². The van der Waals surface area contributed by atoms with Crippen molar-refractivity contribution in [3.05, 3.63) is 51.2 Å². The molecule has 0 saturated heterocycles. The number of fused-ring (bicyclic) bond motifs is 2. The van der Waals surface area contributed by atoms with Gasteiger partial charge < -0.3 is 14.6 Å². The molecule has 4 rings (SSSR count). The number of Topliss-reactive ketones (excluding diaryl/α,β-unsaturated/α-hetero) is 1. The first-order chi connectivity index (χ1) is 15.4. The van der Waals surface area contributed by atoms with Crippen molar-refractivity contribution in [3.8, 4) is 11.5 Å². The van der Waals surface area contributed by atoms with E-state index in [4.69, 9.17) is 9.47 Å². The highest BCUT2D eigenvalue weighted by atomic mass is 32.1. The Morgan fingerprint density at radius 3 is 2.75 bits per heavy atom. The average molecular weight is 455 g/mol. The Kier molecular flexibility index (Phi) is 6.74. The van der Waals surface area contributed by atoms with Gasteiger partial charge in [-0.05, 0) is 66.6 Å². The predicted octanol–water partition coefficient (Wildman–Crippen LogP) is 5.38. The van der Waals surface area contributed by atoms with E-state index in [0.29, 0.717) is 43.2 Å². The maximum Gasteiger partial charge on any atom is 0.342 e. The number of allylic oxidation sites excluding steroid dienone is 1. The number of hydrogen-bond donors (Lipinski definition) is 1. The molecule has 2 atom stereocenters. The minimum atomic E-state index is -0.623. The van der Waals surface area contributed by atoms with Crippen LogP contribution < -0.4 is 4.74 Å². The second-order valence-electron chi connectivity index (χ2n) is 8.33. The fourth-order valence-electron chi connectivity index (χ4n) is 4.28. The number of benzene rings is 1. The van der Waals surface area contributed by atoms with Gasteiger partial charge >= 0.3 is 11.9 Å². The molecule has 1 aromatic heterocycles. The first-order valence-corrected chi connectivity index (χ1v) is 11.9. The van der Waals surface area contributed by atoms with E-state index in [1.807, 2.05) is 22.9 Å².